The maximum atomic E-state index is 13.8. The lowest BCUT2D eigenvalue weighted by molar-refractivity contribution is -0.163. The van der Waals surface area contributed by atoms with E-state index in [1.807, 2.05) is 34.7 Å². The first-order valence-corrected chi connectivity index (χ1v) is 14.8. The molecule has 2 amide bonds. The largest absolute Gasteiger partial charge is 0.390 e. The molecule has 4 heterocycles. The summed E-state index contributed by atoms with van der Waals surface area (Å²) in [4.78, 5) is 36.3. The van der Waals surface area contributed by atoms with Gasteiger partial charge in [0, 0.05) is 50.1 Å². The fraction of sp³-hybridized carbons (Fsp3) is 0.667. The Bertz CT molecular complexity index is 1160. The van der Waals surface area contributed by atoms with Gasteiger partial charge in [-0.15, -0.1) is 0 Å². The van der Waals surface area contributed by atoms with Crippen LogP contribution in [0.25, 0.3) is 5.82 Å². The van der Waals surface area contributed by atoms with Crippen LogP contribution >= 0.6 is 0 Å². The lowest BCUT2D eigenvalue weighted by Crippen LogP contribution is -2.73. The van der Waals surface area contributed by atoms with Gasteiger partial charge in [-0.05, 0) is 58.1 Å². The van der Waals surface area contributed by atoms with E-state index < -0.39 is 17.2 Å². The molecule has 9 heteroatoms. The standard InChI is InChI=1S/C30H44N6O3/c1-4-5-17-35-27(37)25(20-29(39)12-8-6-9-13-29)32-28(38)30(35)14-18-34(19-15-30)21-24-22(2)33-36(23(24)3)26-11-7-10-16-31-26/h7,10-11,16,25,39H,4-6,8-9,12-15,17-21H2,1-3H3,(H,32,38)/t25-/m1/s1. The van der Waals surface area contributed by atoms with Crippen molar-refractivity contribution in [1.82, 2.24) is 29.9 Å². The van der Waals surface area contributed by atoms with E-state index in [4.69, 9.17) is 5.10 Å². The fourth-order valence-electron chi connectivity index (χ4n) is 6.86. The van der Waals surface area contributed by atoms with E-state index in [0.717, 1.165) is 68.9 Å². The van der Waals surface area contributed by atoms with Crippen molar-refractivity contribution in [1.29, 1.82) is 0 Å². The van der Waals surface area contributed by atoms with Crippen molar-refractivity contribution >= 4 is 11.8 Å². The van der Waals surface area contributed by atoms with Crippen LogP contribution in [0.3, 0.4) is 0 Å². The van der Waals surface area contributed by atoms with Crippen LogP contribution in [0.1, 0.15) is 88.1 Å². The van der Waals surface area contributed by atoms with Gasteiger partial charge < -0.3 is 15.3 Å². The van der Waals surface area contributed by atoms with Crippen molar-refractivity contribution in [2.24, 2.45) is 0 Å². The van der Waals surface area contributed by atoms with Gasteiger partial charge in [0.25, 0.3) is 0 Å². The number of carbonyl (C=O) groups is 2. The molecule has 0 bridgehead atoms. The molecule has 0 radical (unpaired) electrons. The van der Waals surface area contributed by atoms with E-state index in [9.17, 15) is 14.7 Å². The molecule has 212 valence electrons. The number of hydrogen-bond acceptors (Lipinski definition) is 6. The van der Waals surface area contributed by atoms with Gasteiger partial charge in [0.1, 0.15) is 11.6 Å². The summed E-state index contributed by atoms with van der Waals surface area (Å²) >= 11 is 0. The molecule has 1 saturated carbocycles. The van der Waals surface area contributed by atoms with Gasteiger partial charge in [0.2, 0.25) is 11.8 Å². The fourth-order valence-corrected chi connectivity index (χ4v) is 6.86. The van der Waals surface area contributed by atoms with E-state index in [0.29, 0.717) is 38.6 Å². The van der Waals surface area contributed by atoms with Gasteiger partial charge in [-0.2, -0.15) is 5.10 Å². The number of carbonyl (C=O) groups excluding carboxylic acids is 2. The smallest absolute Gasteiger partial charge is 0.246 e. The van der Waals surface area contributed by atoms with Crippen LogP contribution in [0.2, 0.25) is 0 Å². The lowest BCUT2D eigenvalue weighted by atomic mass is 9.77. The summed E-state index contributed by atoms with van der Waals surface area (Å²) in [5.41, 5.74) is 1.58. The highest BCUT2D eigenvalue weighted by atomic mass is 16.3. The second-order valence-corrected chi connectivity index (χ2v) is 11.9. The molecule has 1 spiro atoms. The summed E-state index contributed by atoms with van der Waals surface area (Å²) in [5.74, 6) is 0.745. The minimum atomic E-state index is -0.856. The second kappa shape index (κ2) is 11.4. The third-order valence-electron chi connectivity index (χ3n) is 9.28. The number of pyridine rings is 1. The lowest BCUT2D eigenvalue weighted by Gasteiger charge is -2.52. The quantitative estimate of drug-likeness (QED) is 0.536. The summed E-state index contributed by atoms with van der Waals surface area (Å²) < 4.78 is 1.90. The number of nitrogens with zero attached hydrogens (tertiary/aromatic N) is 5. The minimum absolute atomic E-state index is 0.0150. The average molecular weight is 537 g/mol. The highest BCUT2D eigenvalue weighted by Crippen LogP contribution is 2.38. The molecule has 1 aliphatic carbocycles. The molecule has 2 saturated heterocycles. The number of nitrogens with one attached hydrogen (secondary N) is 1. The molecule has 3 fully saturated rings. The summed E-state index contributed by atoms with van der Waals surface area (Å²) in [6.07, 6.45) is 9.63. The van der Waals surface area contributed by atoms with Gasteiger partial charge in [0.15, 0.2) is 5.82 Å². The average Bonchev–Trinajstić information content (AvgIpc) is 3.22. The number of unbranched alkanes of at least 4 members (excludes halogenated alkanes) is 1. The summed E-state index contributed by atoms with van der Waals surface area (Å²) in [7, 11) is 0. The number of piperazine rings is 1. The van der Waals surface area contributed by atoms with E-state index in [-0.39, 0.29) is 11.8 Å². The topological polar surface area (TPSA) is 104 Å². The Morgan fingerprint density at radius 2 is 1.82 bits per heavy atom. The highest BCUT2D eigenvalue weighted by Gasteiger charge is 2.54. The number of aliphatic hydroxyl groups is 1. The van der Waals surface area contributed by atoms with E-state index in [1.165, 1.54) is 5.56 Å². The molecule has 2 aliphatic heterocycles. The zero-order valence-electron chi connectivity index (χ0n) is 23.8. The van der Waals surface area contributed by atoms with E-state index in [2.05, 4.69) is 29.0 Å². The molecule has 0 unspecified atom stereocenters. The number of amides is 2. The number of likely N-dealkylation sites (tertiary alicyclic amines) is 1. The maximum absolute atomic E-state index is 13.8. The molecule has 39 heavy (non-hydrogen) atoms. The van der Waals surface area contributed by atoms with E-state index >= 15 is 0 Å². The third-order valence-corrected chi connectivity index (χ3v) is 9.28. The Hall–Kier alpha value is -2.78. The van der Waals surface area contributed by atoms with Crippen LogP contribution < -0.4 is 5.32 Å². The van der Waals surface area contributed by atoms with Gasteiger partial charge >= 0.3 is 0 Å². The van der Waals surface area contributed by atoms with Crippen LogP contribution in [0.5, 0.6) is 0 Å². The zero-order chi connectivity index (χ0) is 27.6. The van der Waals surface area contributed by atoms with Crippen LogP contribution in [-0.4, -0.2) is 78.3 Å². The number of hydrogen-bond donors (Lipinski definition) is 2. The predicted octanol–water partition coefficient (Wildman–Crippen LogP) is 3.43. The molecule has 2 N–H and O–H groups in total. The Morgan fingerprint density at radius 3 is 2.49 bits per heavy atom. The molecule has 2 aromatic rings. The first-order chi connectivity index (χ1) is 18.8. The molecule has 2 aromatic heterocycles. The van der Waals surface area contributed by atoms with Crippen molar-refractivity contribution in [3.63, 3.8) is 0 Å². The van der Waals surface area contributed by atoms with Crippen LogP contribution in [-0.2, 0) is 16.1 Å². The van der Waals surface area contributed by atoms with Crippen molar-refractivity contribution in [2.45, 2.75) is 109 Å². The number of rotatable bonds is 8. The highest BCUT2D eigenvalue weighted by molar-refractivity contribution is 6.00. The first kappa shape index (κ1) is 27.8. The Morgan fingerprint density at radius 1 is 1.08 bits per heavy atom. The summed E-state index contributed by atoms with van der Waals surface area (Å²) in [6.45, 7) is 9.02. The van der Waals surface area contributed by atoms with Crippen LogP contribution in [0.4, 0.5) is 0 Å². The van der Waals surface area contributed by atoms with Crippen LogP contribution in [0, 0.1) is 13.8 Å². The Labute approximate surface area is 232 Å². The minimum Gasteiger partial charge on any atom is -0.390 e. The SMILES string of the molecule is CCCCN1C(=O)[C@@H](CC2(O)CCCCC2)NC(=O)C12CCN(Cc1c(C)nn(-c3ccccn3)c1C)CC2. The molecule has 1 atom stereocenters. The molecular formula is C30H44N6O3. The first-order valence-electron chi connectivity index (χ1n) is 14.8. The molecule has 0 aromatic carbocycles. The second-order valence-electron chi connectivity index (χ2n) is 11.9. The van der Waals surface area contributed by atoms with Crippen LogP contribution in [0.15, 0.2) is 24.4 Å². The monoisotopic (exact) mass is 536 g/mol. The number of aromatic nitrogens is 3. The van der Waals surface area contributed by atoms with Gasteiger partial charge in [-0.1, -0.05) is 38.7 Å². The zero-order valence-corrected chi connectivity index (χ0v) is 23.8. The van der Waals surface area contributed by atoms with Gasteiger partial charge in [0.05, 0.1) is 11.3 Å². The Balaban J connectivity index is 1.29. The number of piperidine rings is 1. The van der Waals surface area contributed by atoms with Crippen molar-refractivity contribution in [2.75, 3.05) is 19.6 Å². The third kappa shape index (κ3) is 5.48. The van der Waals surface area contributed by atoms with Crippen molar-refractivity contribution in [3.8, 4) is 5.82 Å². The summed E-state index contributed by atoms with van der Waals surface area (Å²) in [5, 5.41) is 19.0. The van der Waals surface area contributed by atoms with E-state index in [1.54, 1.807) is 6.20 Å². The molecule has 5 rings (SSSR count). The van der Waals surface area contributed by atoms with Crippen molar-refractivity contribution < 1.29 is 14.7 Å². The van der Waals surface area contributed by atoms with Crippen molar-refractivity contribution in [3.05, 3.63) is 41.3 Å². The predicted molar refractivity (Wildman–Crippen MR) is 149 cm³/mol. The van der Waals surface area contributed by atoms with Gasteiger partial charge in [-0.25, -0.2) is 9.67 Å². The Kier molecular flexibility index (Phi) is 8.10. The molecule has 9 nitrogen and oxygen atoms in total. The molecular weight excluding hydrogens is 492 g/mol. The van der Waals surface area contributed by atoms with Gasteiger partial charge in [-0.3, -0.25) is 14.5 Å². The number of aryl methyl sites for hydroxylation is 1. The normalized spacial score (nSPS) is 23.3. The molecule has 3 aliphatic rings. The maximum Gasteiger partial charge on any atom is 0.246 e. The summed E-state index contributed by atoms with van der Waals surface area (Å²) in [6, 6.07) is 5.18.